The summed E-state index contributed by atoms with van der Waals surface area (Å²) in [4.78, 5) is 30.7. The predicted octanol–water partition coefficient (Wildman–Crippen LogP) is 4.09. The fraction of sp³-hybridized carbons (Fsp3) is 0.577. The lowest BCUT2D eigenvalue weighted by Gasteiger charge is -2.27. The molecule has 34 heavy (non-hydrogen) atoms. The van der Waals surface area contributed by atoms with Crippen molar-refractivity contribution in [3.63, 3.8) is 0 Å². The third kappa shape index (κ3) is 8.08. The Hall–Kier alpha value is -2.48. The molecule has 0 radical (unpaired) electrons. The summed E-state index contributed by atoms with van der Waals surface area (Å²) in [5.41, 5.74) is 0.817. The second-order valence-electron chi connectivity index (χ2n) is 10.5. The SMILES string of the molecule is CC(C)C[C@H](NC(=O)C(Cc1cccc2cccnc12)CS(=O)(=O)C(C)C)C(=O)OC(C)(C)C. The van der Waals surface area contributed by atoms with Crippen LogP contribution in [0.1, 0.15) is 60.5 Å². The van der Waals surface area contributed by atoms with E-state index in [0.717, 1.165) is 16.5 Å². The zero-order chi connectivity index (χ0) is 25.7. The summed E-state index contributed by atoms with van der Waals surface area (Å²) >= 11 is 0. The number of rotatable bonds is 10. The number of aromatic nitrogens is 1. The van der Waals surface area contributed by atoms with Gasteiger partial charge in [0, 0.05) is 11.6 Å². The van der Waals surface area contributed by atoms with E-state index in [-0.39, 0.29) is 18.1 Å². The van der Waals surface area contributed by atoms with E-state index in [1.54, 1.807) is 40.8 Å². The molecule has 0 spiro atoms. The van der Waals surface area contributed by atoms with E-state index < -0.39 is 44.5 Å². The van der Waals surface area contributed by atoms with Gasteiger partial charge in [0.15, 0.2) is 9.84 Å². The second-order valence-corrected chi connectivity index (χ2v) is 13.1. The van der Waals surface area contributed by atoms with Crippen molar-refractivity contribution in [3.8, 4) is 0 Å². The van der Waals surface area contributed by atoms with E-state index in [0.29, 0.717) is 6.42 Å². The molecular weight excluding hydrogens is 452 g/mol. The Kier molecular flexibility index (Phi) is 9.22. The van der Waals surface area contributed by atoms with Gasteiger partial charge in [-0.1, -0.05) is 38.1 Å². The van der Waals surface area contributed by atoms with Crippen LogP contribution >= 0.6 is 0 Å². The standard InChI is InChI=1S/C26H38N2O5S/c1-17(2)14-22(25(30)33-26(5,6)7)28-24(29)21(16-34(31,32)18(3)4)15-20-11-8-10-19-12-9-13-27-23(19)20/h8-13,17-18,21-22H,14-16H2,1-7H3,(H,28,29)/t21?,22-/m0/s1. The minimum absolute atomic E-state index is 0.123. The Balaban J connectivity index is 2.38. The lowest BCUT2D eigenvalue weighted by atomic mass is 9.96. The zero-order valence-electron chi connectivity index (χ0n) is 21.3. The maximum Gasteiger partial charge on any atom is 0.329 e. The molecule has 0 aliphatic heterocycles. The summed E-state index contributed by atoms with van der Waals surface area (Å²) in [5, 5.41) is 3.10. The van der Waals surface area contributed by atoms with Crippen LogP contribution in [0.5, 0.6) is 0 Å². The van der Waals surface area contributed by atoms with Crippen molar-refractivity contribution in [2.75, 3.05) is 5.75 Å². The number of fused-ring (bicyclic) bond motifs is 1. The maximum atomic E-state index is 13.4. The van der Waals surface area contributed by atoms with Crippen LogP contribution in [0, 0.1) is 11.8 Å². The van der Waals surface area contributed by atoms with Crippen molar-refractivity contribution in [1.82, 2.24) is 10.3 Å². The van der Waals surface area contributed by atoms with Gasteiger partial charge in [0.25, 0.3) is 0 Å². The van der Waals surface area contributed by atoms with Gasteiger partial charge in [-0.25, -0.2) is 13.2 Å². The van der Waals surface area contributed by atoms with Crippen molar-refractivity contribution in [2.45, 2.75) is 78.2 Å². The molecule has 188 valence electrons. The number of sulfone groups is 1. The summed E-state index contributed by atoms with van der Waals surface area (Å²) in [5.74, 6) is -2.07. The minimum Gasteiger partial charge on any atom is -0.458 e. The Morgan fingerprint density at radius 1 is 1.06 bits per heavy atom. The van der Waals surface area contributed by atoms with Gasteiger partial charge >= 0.3 is 5.97 Å². The summed E-state index contributed by atoms with van der Waals surface area (Å²) in [6.45, 7) is 12.4. The van der Waals surface area contributed by atoms with Crippen molar-refractivity contribution in [1.29, 1.82) is 0 Å². The van der Waals surface area contributed by atoms with Gasteiger partial charge in [-0.15, -0.1) is 0 Å². The van der Waals surface area contributed by atoms with Gasteiger partial charge in [-0.2, -0.15) is 0 Å². The Morgan fingerprint density at radius 2 is 1.71 bits per heavy atom. The topological polar surface area (TPSA) is 102 Å². The molecule has 0 bridgehead atoms. The van der Waals surface area contributed by atoms with Gasteiger partial charge in [0.1, 0.15) is 11.6 Å². The van der Waals surface area contributed by atoms with E-state index in [9.17, 15) is 18.0 Å². The van der Waals surface area contributed by atoms with Crippen LogP contribution in [0.3, 0.4) is 0 Å². The number of ether oxygens (including phenoxy) is 1. The molecule has 2 aromatic rings. The monoisotopic (exact) mass is 490 g/mol. The highest BCUT2D eigenvalue weighted by Crippen LogP contribution is 2.22. The quantitative estimate of drug-likeness (QED) is 0.503. The van der Waals surface area contributed by atoms with E-state index in [1.165, 1.54) is 0 Å². The molecule has 0 saturated carbocycles. The zero-order valence-corrected chi connectivity index (χ0v) is 22.1. The van der Waals surface area contributed by atoms with Gasteiger partial charge in [-0.3, -0.25) is 9.78 Å². The predicted molar refractivity (Wildman–Crippen MR) is 135 cm³/mol. The highest BCUT2D eigenvalue weighted by molar-refractivity contribution is 7.92. The highest BCUT2D eigenvalue weighted by Gasteiger charge is 2.33. The van der Waals surface area contributed by atoms with Crippen LogP contribution < -0.4 is 5.32 Å². The Bertz CT molecular complexity index is 1100. The number of nitrogens with one attached hydrogen (secondary N) is 1. The molecule has 0 saturated heterocycles. The number of esters is 1. The van der Waals surface area contributed by atoms with Crippen molar-refractivity contribution in [3.05, 3.63) is 42.1 Å². The minimum atomic E-state index is -3.52. The van der Waals surface area contributed by atoms with Crippen LogP contribution in [0.4, 0.5) is 0 Å². The number of nitrogens with zero attached hydrogens (tertiary/aromatic N) is 1. The molecule has 0 fully saturated rings. The van der Waals surface area contributed by atoms with E-state index in [1.807, 2.05) is 44.2 Å². The first-order valence-corrected chi connectivity index (χ1v) is 13.5. The molecule has 2 rings (SSSR count). The summed E-state index contributed by atoms with van der Waals surface area (Å²) < 4.78 is 31.1. The van der Waals surface area contributed by atoms with Crippen molar-refractivity contribution < 1.29 is 22.7 Å². The molecule has 1 heterocycles. The van der Waals surface area contributed by atoms with Crippen LogP contribution in [0.25, 0.3) is 10.9 Å². The smallest absolute Gasteiger partial charge is 0.329 e. The first-order chi connectivity index (χ1) is 15.7. The molecule has 7 nitrogen and oxygen atoms in total. The van der Waals surface area contributed by atoms with E-state index in [2.05, 4.69) is 10.3 Å². The van der Waals surface area contributed by atoms with Gasteiger partial charge in [0.05, 0.1) is 22.4 Å². The average molecular weight is 491 g/mol. The first-order valence-electron chi connectivity index (χ1n) is 11.8. The molecule has 0 aliphatic carbocycles. The molecule has 1 N–H and O–H groups in total. The first kappa shape index (κ1) is 27.8. The molecular formula is C26H38N2O5S. The number of amides is 1. The number of hydrogen-bond donors (Lipinski definition) is 1. The molecule has 2 atom stereocenters. The Morgan fingerprint density at radius 3 is 2.29 bits per heavy atom. The van der Waals surface area contributed by atoms with Crippen molar-refractivity contribution in [2.24, 2.45) is 11.8 Å². The fourth-order valence-corrected chi connectivity index (χ4v) is 4.86. The normalized spacial score (nSPS) is 14.3. The molecule has 8 heteroatoms. The van der Waals surface area contributed by atoms with E-state index in [4.69, 9.17) is 4.74 Å². The number of benzene rings is 1. The summed E-state index contributed by atoms with van der Waals surface area (Å²) in [6.07, 6.45) is 2.25. The third-order valence-corrected chi connectivity index (χ3v) is 7.72. The fourth-order valence-electron chi connectivity index (χ4n) is 3.65. The maximum absolute atomic E-state index is 13.4. The largest absolute Gasteiger partial charge is 0.458 e. The lowest BCUT2D eigenvalue weighted by molar-refractivity contribution is -0.159. The lowest BCUT2D eigenvalue weighted by Crippen LogP contribution is -2.48. The van der Waals surface area contributed by atoms with Gasteiger partial charge < -0.3 is 10.1 Å². The number of para-hydroxylation sites is 1. The molecule has 1 amide bonds. The van der Waals surface area contributed by atoms with Crippen LogP contribution in [-0.4, -0.2) is 47.9 Å². The van der Waals surface area contributed by atoms with Crippen molar-refractivity contribution >= 4 is 32.6 Å². The molecule has 0 aliphatic rings. The highest BCUT2D eigenvalue weighted by atomic mass is 32.2. The average Bonchev–Trinajstić information content (AvgIpc) is 2.71. The Labute approximate surface area is 203 Å². The number of carbonyl (C=O) groups is 2. The number of hydrogen-bond acceptors (Lipinski definition) is 6. The van der Waals surface area contributed by atoms with Crippen LogP contribution in [0.15, 0.2) is 36.5 Å². The number of pyridine rings is 1. The van der Waals surface area contributed by atoms with Gasteiger partial charge in [-0.05, 0) is 65.0 Å². The molecule has 1 aromatic heterocycles. The number of carbonyl (C=O) groups excluding carboxylic acids is 2. The molecule has 1 aromatic carbocycles. The van der Waals surface area contributed by atoms with Gasteiger partial charge in [0.2, 0.25) is 5.91 Å². The third-order valence-electron chi connectivity index (χ3n) is 5.42. The van der Waals surface area contributed by atoms with E-state index >= 15 is 0 Å². The second kappa shape index (κ2) is 11.3. The summed E-state index contributed by atoms with van der Waals surface area (Å²) in [6, 6.07) is 8.54. The summed E-state index contributed by atoms with van der Waals surface area (Å²) in [7, 11) is -3.52. The van der Waals surface area contributed by atoms with Crippen LogP contribution in [0.2, 0.25) is 0 Å². The molecule has 1 unspecified atom stereocenters. The van der Waals surface area contributed by atoms with Crippen LogP contribution in [-0.2, 0) is 30.6 Å².